The summed E-state index contributed by atoms with van der Waals surface area (Å²) < 4.78 is 34.3. The average molecular weight is 1220 g/mol. The molecule has 0 N–H and O–H groups in total. The van der Waals surface area contributed by atoms with Gasteiger partial charge in [0.25, 0.3) is 7.82 Å². The molecule has 9 nitrogen and oxygen atoms in total. The number of carbonyl (C=O) groups is 2. The summed E-state index contributed by atoms with van der Waals surface area (Å²) in [6, 6.07) is 0. The molecule has 0 aliphatic heterocycles. The number of allylic oxidation sites excluding steroid dienone is 16. The van der Waals surface area contributed by atoms with Gasteiger partial charge in [0.15, 0.2) is 6.10 Å². The number of ether oxygens (including phenoxy) is 2. The highest BCUT2D eigenvalue weighted by Crippen LogP contribution is 2.38. The summed E-state index contributed by atoms with van der Waals surface area (Å²) in [4.78, 5) is 38.1. The van der Waals surface area contributed by atoms with Crippen molar-refractivity contribution in [1.29, 1.82) is 0 Å². The van der Waals surface area contributed by atoms with Gasteiger partial charge in [0.1, 0.15) is 19.8 Å². The summed E-state index contributed by atoms with van der Waals surface area (Å²) in [5, 5.41) is 0. The molecule has 0 aliphatic carbocycles. The lowest BCUT2D eigenvalue weighted by atomic mass is 10.0. The third-order valence-corrected chi connectivity index (χ3v) is 16.6. The fourth-order valence-corrected chi connectivity index (χ4v) is 10.9. The molecule has 0 saturated heterocycles. The summed E-state index contributed by atoms with van der Waals surface area (Å²) in [7, 11) is 1.18. The molecule has 0 spiro atoms. The molecule has 0 aliphatic rings. The standard InChI is InChI=1S/C76H136NO8P/c1-6-8-10-12-14-16-18-20-22-24-26-28-29-30-31-32-33-34-35-36-37-38-39-40-41-42-43-44-45-46-47-49-51-53-55-57-59-61-63-65-67-69-76(79)85-74(73-84-86(80,81)83-71-70-77(3,4)5)72-82-75(78)68-66-64-62-60-58-56-54-52-50-48-27-25-23-21-19-17-15-13-11-9-7-2/h8,10,14,16,20,22,26,28,30-31,33-34,36-37,39-40,74H,6-7,9,11-13,15,17-19,21,23-25,27,29,32,35,38,41-73H2,1-5H3/b10-8-,16-14-,22-20-,28-26-,31-30-,34-33-,37-36-,40-39-. The predicted octanol–water partition coefficient (Wildman–Crippen LogP) is 22.9. The molecule has 0 heterocycles. The molecule has 0 aromatic carbocycles. The van der Waals surface area contributed by atoms with Crippen LogP contribution in [0, 0.1) is 0 Å². The number of rotatable bonds is 66. The third kappa shape index (κ3) is 70.0. The van der Waals surface area contributed by atoms with E-state index in [0.717, 1.165) is 89.9 Å². The van der Waals surface area contributed by atoms with Gasteiger partial charge in [-0.25, -0.2) is 0 Å². The first-order chi connectivity index (χ1) is 42.0. The fraction of sp³-hybridized carbons (Fsp3) is 0.763. The summed E-state index contributed by atoms with van der Waals surface area (Å²) in [6.45, 7) is 4.17. The second kappa shape index (κ2) is 66.4. The molecule has 498 valence electrons. The van der Waals surface area contributed by atoms with Crippen molar-refractivity contribution in [2.45, 2.75) is 328 Å². The topological polar surface area (TPSA) is 111 Å². The summed E-state index contributed by atoms with van der Waals surface area (Å²) in [6.07, 6.45) is 92.1. The SMILES string of the molecule is CC/C=C\C/C=C\C/C=C\C/C=C\C/C=C\C/C=C\C/C=C\C/C=C\CCCCCCCCCCCCCCCCCCC(=O)OC(COC(=O)CCCCCCCCCCCCCCCCCCCCCCC)COP(=O)([O-])OCC[N+](C)(C)C. The molecule has 0 aromatic rings. The number of quaternary nitrogens is 1. The smallest absolute Gasteiger partial charge is 0.306 e. The van der Waals surface area contributed by atoms with E-state index in [-0.39, 0.29) is 32.0 Å². The van der Waals surface area contributed by atoms with Gasteiger partial charge in [0, 0.05) is 12.8 Å². The van der Waals surface area contributed by atoms with E-state index in [4.69, 9.17) is 18.5 Å². The fourth-order valence-electron chi connectivity index (χ4n) is 10.1. The molecule has 2 unspecified atom stereocenters. The molecular formula is C76H136NO8P. The number of phosphoric ester groups is 1. The van der Waals surface area contributed by atoms with E-state index in [0.29, 0.717) is 17.4 Å². The molecule has 10 heteroatoms. The minimum absolute atomic E-state index is 0.0309. The lowest BCUT2D eigenvalue weighted by molar-refractivity contribution is -0.870. The van der Waals surface area contributed by atoms with Crippen molar-refractivity contribution < 1.29 is 42.1 Å². The molecular weight excluding hydrogens is 1090 g/mol. The van der Waals surface area contributed by atoms with E-state index in [1.165, 1.54) is 199 Å². The Morgan fingerprint density at radius 1 is 0.372 bits per heavy atom. The van der Waals surface area contributed by atoms with Crippen LogP contribution in [0.2, 0.25) is 0 Å². The number of likely N-dealkylation sites (N-methyl/N-ethyl adjacent to an activating group) is 1. The normalized spacial score (nSPS) is 13.7. The molecule has 0 amide bonds. The van der Waals surface area contributed by atoms with E-state index < -0.39 is 26.5 Å². The minimum Gasteiger partial charge on any atom is -0.756 e. The van der Waals surface area contributed by atoms with Crippen LogP contribution in [0.15, 0.2) is 97.2 Å². The van der Waals surface area contributed by atoms with Gasteiger partial charge in [-0.2, -0.15) is 0 Å². The van der Waals surface area contributed by atoms with Crippen LogP contribution in [-0.4, -0.2) is 70.0 Å². The number of phosphoric acid groups is 1. The number of unbranched alkanes of at least 4 members (excludes halogenated alkanes) is 36. The maximum absolute atomic E-state index is 12.9. The zero-order valence-corrected chi connectivity index (χ0v) is 57.6. The monoisotopic (exact) mass is 1220 g/mol. The van der Waals surface area contributed by atoms with Crippen LogP contribution in [0.1, 0.15) is 322 Å². The van der Waals surface area contributed by atoms with Crippen molar-refractivity contribution in [1.82, 2.24) is 0 Å². The highest BCUT2D eigenvalue weighted by Gasteiger charge is 2.22. The minimum atomic E-state index is -4.64. The Hall–Kier alpha value is -3.07. The molecule has 0 aromatic heterocycles. The van der Waals surface area contributed by atoms with Crippen molar-refractivity contribution in [3.63, 3.8) is 0 Å². The van der Waals surface area contributed by atoms with Gasteiger partial charge in [0.2, 0.25) is 0 Å². The number of hydrogen-bond donors (Lipinski definition) is 0. The van der Waals surface area contributed by atoms with Crippen molar-refractivity contribution in [2.75, 3.05) is 47.5 Å². The van der Waals surface area contributed by atoms with E-state index in [1.807, 2.05) is 21.1 Å². The van der Waals surface area contributed by atoms with Gasteiger partial charge in [-0.05, 0) is 77.0 Å². The largest absolute Gasteiger partial charge is 0.756 e. The molecule has 0 bridgehead atoms. The maximum Gasteiger partial charge on any atom is 0.306 e. The van der Waals surface area contributed by atoms with Gasteiger partial charge in [0.05, 0.1) is 27.7 Å². The van der Waals surface area contributed by atoms with Crippen molar-refractivity contribution >= 4 is 19.8 Å². The quantitative estimate of drug-likeness (QED) is 0.0195. The zero-order valence-electron chi connectivity index (χ0n) is 56.7. The first-order valence-corrected chi connectivity index (χ1v) is 37.4. The van der Waals surface area contributed by atoms with Crippen LogP contribution in [0.25, 0.3) is 0 Å². The second-order valence-corrected chi connectivity index (χ2v) is 26.6. The Balaban J connectivity index is 3.99. The Morgan fingerprint density at radius 3 is 0.988 bits per heavy atom. The van der Waals surface area contributed by atoms with Crippen LogP contribution >= 0.6 is 7.82 Å². The molecule has 0 fully saturated rings. The Labute approximate surface area is 532 Å². The van der Waals surface area contributed by atoms with E-state index in [2.05, 4.69) is 111 Å². The summed E-state index contributed by atoms with van der Waals surface area (Å²) in [5.74, 6) is -0.819. The van der Waals surface area contributed by atoms with Gasteiger partial charge < -0.3 is 27.9 Å². The summed E-state index contributed by atoms with van der Waals surface area (Å²) >= 11 is 0. The van der Waals surface area contributed by atoms with Gasteiger partial charge in [-0.3, -0.25) is 14.2 Å². The van der Waals surface area contributed by atoms with E-state index in [1.54, 1.807) is 0 Å². The van der Waals surface area contributed by atoms with Crippen molar-refractivity contribution in [3.8, 4) is 0 Å². The molecule has 0 rings (SSSR count). The number of hydrogen-bond acceptors (Lipinski definition) is 8. The number of nitrogens with zero attached hydrogens (tertiary/aromatic N) is 1. The average Bonchev–Trinajstić information content (AvgIpc) is 3.70. The predicted molar refractivity (Wildman–Crippen MR) is 369 cm³/mol. The first kappa shape index (κ1) is 82.9. The molecule has 0 radical (unpaired) electrons. The number of esters is 2. The zero-order chi connectivity index (χ0) is 62.6. The number of carbonyl (C=O) groups excluding carboxylic acids is 2. The van der Waals surface area contributed by atoms with Gasteiger partial charge in [-0.1, -0.05) is 329 Å². The summed E-state index contributed by atoms with van der Waals surface area (Å²) in [5.41, 5.74) is 0. The van der Waals surface area contributed by atoms with Crippen LogP contribution in [-0.2, 0) is 32.7 Å². The van der Waals surface area contributed by atoms with Crippen LogP contribution in [0.5, 0.6) is 0 Å². The Morgan fingerprint density at radius 2 is 0.663 bits per heavy atom. The third-order valence-electron chi connectivity index (χ3n) is 15.6. The Kier molecular flexibility index (Phi) is 64.0. The first-order valence-electron chi connectivity index (χ1n) is 35.9. The van der Waals surface area contributed by atoms with Crippen LogP contribution in [0.3, 0.4) is 0 Å². The van der Waals surface area contributed by atoms with E-state index in [9.17, 15) is 19.0 Å². The lowest BCUT2D eigenvalue weighted by Crippen LogP contribution is -2.37. The van der Waals surface area contributed by atoms with Crippen LogP contribution in [0.4, 0.5) is 0 Å². The maximum atomic E-state index is 12.9. The van der Waals surface area contributed by atoms with Gasteiger partial charge in [-0.15, -0.1) is 0 Å². The van der Waals surface area contributed by atoms with Crippen molar-refractivity contribution in [2.24, 2.45) is 0 Å². The lowest BCUT2D eigenvalue weighted by Gasteiger charge is -2.28. The van der Waals surface area contributed by atoms with E-state index >= 15 is 0 Å². The van der Waals surface area contributed by atoms with Gasteiger partial charge >= 0.3 is 11.9 Å². The highest BCUT2D eigenvalue weighted by atomic mass is 31.2. The Bertz CT molecular complexity index is 1770. The van der Waals surface area contributed by atoms with Crippen molar-refractivity contribution in [3.05, 3.63) is 97.2 Å². The molecule has 0 saturated carbocycles. The second-order valence-electron chi connectivity index (χ2n) is 25.2. The van der Waals surface area contributed by atoms with Crippen LogP contribution < -0.4 is 4.89 Å². The molecule has 2 atom stereocenters. The highest BCUT2D eigenvalue weighted by molar-refractivity contribution is 7.45. The molecule has 86 heavy (non-hydrogen) atoms.